The van der Waals surface area contributed by atoms with E-state index < -0.39 is 17.0 Å². The molecule has 0 radical (unpaired) electrons. The lowest BCUT2D eigenvalue weighted by Gasteiger charge is -2.39. The third-order valence-corrected chi connectivity index (χ3v) is 6.22. The summed E-state index contributed by atoms with van der Waals surface area (Å²) in [4.78, 5) is 8.30. The number of nitrogens with two attached hydrogens (primary N) is 1. The highest BCUT2D eigenvalue weighted by Gasteiger charge is 2.33. The van der Waals surface area contributed by atoms with Crippen LogP contribution in [0.5, 0.6) is 0 Å². The molecule has 2 aromatic rings. The van der Waals surface area contributed by atoms with Crippen LogP contribution in [-0.4, -0.2) is 37.3 Å². The van der Waals surface area contributed by atoms with E-state index in [0.29, 0.717) is 6.54 Å². The Hall–Kier alpha value is -2.16. The first-order valence-electron chi connectivity index (χ1n) is 9.12. The van der Waals surface area contributed by atoms with Gasteiger partial charge >= 0.3 is 0 Å². The average Bonchev–Trinajstić information content (AvgIpc) is 3.17. The number of rotatable bonds is 4. The van der Waals surface area contributed by atoms with Gasteiger partial charge in [0.25, 0.3) is 0 Å². The van der Waals surface area contributed by atoms with Gasteiger partial charge in [-0.25, -0.2) is 8.78 Å². The van der Waals surface area contributed by atoms with Crippen molar-refractivity contribution in [3.05, 3.63) is 65.5 Å². The first-order valence-corrected chi connectivity index (χ1v) is 10.1. The van der Waals surface area contributed by atoms with Crippen molar-refractivity contribution >= 4 is 23.1 Å². The van der Waals surface area contributed by atoms with Crippen molar-refractivity contribution in [2.24, 2.45) is 5.73 Å². The van der Waals surface area contributed by atoms with Crippen molar-refractivity contribution in [1.29, 1.82) is 0 Å². The summed E-state index contributed by atoms with van der Waals surface area (Å²) in [5.41, 5.74) is 8.04. The second kappa shape index (κ2) is 8.06. The van der Waals surface area contributed by atoms with Gasteiger partial charge in [0.1, 0.15) is 17.0 Å². The number of hydrogen-bond acceptors (Lipinski definition) is 6. The van der Waals surface area contributed by atoms with Gasteiger partial charge in [-0.15, -0.1) is 11.8 Å². The van der Waals surface area contributed by atoms with E-state index >= 15 is 0 Å². The molecule has 148 valence electrons. The Morgan fingerprint density at radius 1 is 1.21 bits per heavy atom. The number of anilines is 2. The predicted molar refractivity (Wildman–Crippen MR) is 108 cm³/mol. The molecule has 3 heterocycles. The highest BCUT2D eigenvalue weighted by molar-refractivity contribution is 8.02. The van der Waals surface area contributed by atoms with E-state index in [-0.39, 0.29) is 17.7 Å². The molecule has 0 aliphatic carbocycles. The van der Waals surface area contributed by atoms with E-state index in [1.165, 1.54) is 30.0 Å². The normalized spacial score (nSPS) is 24.8. The molecule has 4 rings (SSSR count). The molecule has 1 aromatic carbocycles. The fraction of sp³-hybridized carbons (Fsp3) is 0.350. The zero-order valence-electron chi connectivity index (χ0n) is 15.5. The lowest BCUT2D eigenvalue weighted by Crippen LogP contribution is -2.52. The minimum atomic E-state index is -0.556. The molecule has 3 unspecified atom stereocenters. The second-order valence-electron chi connectivity index (χ2n) is 6.85. The summed E-state index contributed by atoms with van der Waals surface area (Å²) < 4.78 is 34.3. The SMILES string of the molecule is COC1CCN(c2ccncc2N2C=CSC2c2c(F)cccc2F)CC1N. The molecule has 1 aromatic heterocycles. The van der Waals surface area contributed by atoms with Crippen LogP contribution in [0.25, 0.3) is 0 Å². The summed E-state index contributed by atoms with van der Waals surface area (Å²) in [7, 11) is 1.68. The lowest BCUT2D eigenvalue weighted by molar-refractivity contribution is 0.0664. The Morgan fingerprint density at radius 3 is 2.71 bits per heavy atom. The van der Waals surface area contributed by atoms with Gasteiger partial charge < -0.3 is 20.3 Å². The van der Waals surface area contributed by atoms with Crippen molar-refractivity contribution in [3.8, 4) is 0 Å². The van der Waals surface area contributed by atoms with E-state index in [2.05, 4.69) is 9.88 Å². The monoisotopic (exact) mass is 404 g/mol. The summed E-state index contributed by atoms with van der Waals surface area (Å²) >= 11 is 1.36. The third kappa shape index (κ3) is 3.47. The lowest BCUT2D eigenvalue weighted by atomic mass is 10.0. The predicted octanol–water partition coefficient (Wildman–Crippen LogP) is 3.64. The van der Waals surface area contributed by atoms with Gasteiger partial charge in [0.2, 0.25) is 0 Å². The number of hydrogen-bond donors (Lipinski definition) is 1. The molecule has 2 aliphatic heterocycles. The molecule has 5 nitrogen and oxygen atoms in total. The van der Waals surface area contributed by atoms with Crippen LogP contribution in [0, 0.1) is 11.6 Å². The molecule has 0 amide bonds. The quantitative estimate of drug-likeness (QED) is 0.840. The Kier molecular flexibility index (Phi) is 5.52. The Morgan fingerprint density at radius 2 is 2.00 bits per heavy atom. The van der Waals surface area contributed by atoms with Crippen molar-refractivity contribution in [3.63, 3.8) is 0 Å². The summed E-state index contributed by atoms with van der Waals surface area (Å²) in [5, 5.41) is 1.31. The molecular formula is C20H22F2N4OS. The first-order chi connectivity index (χ1) is 13.6. The van der Waals surface area contributed by atoms with Gasteiger partial charge in [-0.05, 0) is 30.0 Å². The summed E-state index contributed by atoms with van der Waals surface area (Å²) in [6.07, 6.45) is 6.13. The molecule has 28 heavy (non-hydrogen) atoms. The molecule has 3 atom stereocenters. The van der Waals surface area contributed by atoms with E-state index in [9.17, 15) is 8.78 Å². The number of methoxy groups -OCH3 is 1. The van der Waals surface area contributed by atoms with E-state index in [1.54, 1.807) is 19.5 Å². The molecular weight excluding hydrogens is 382 g/mol. The van der Waals surface area contributed by atoms with Crippen molar-refractivity contribution in [1.82, 2.24) is 4.98 Å². The molecule has 0 spiro atoms. The zero-order valence-corrected chi connectivity index (χ0v) is 16.3. The largest absolute Gasteiger partial charge is 0.380 e. The second-order valence-corrected chi connectivity index (χ2v) is 7.84. The summed E-state index contributed by atoms with van der Waals surface area (Å²) in [5.74, 6) is -1.11. The maximum Gasteiger partial charge on any atom is 0.132 e. The van der Waals surface area contributed by atoms with Crippen LogP contribution in [0.2, 0.25) is 0 Å². The van der Waals surface area contributed by atoms with E-state index in [4.69, 9.17) is 10.5 Å². The average molecular weight is 404 g/mol. The van der Waals surface area contributed by atoms with Gasteiger partial charge in [0.15, 0.2) is 0 Å². The number of pyridine rings is 1. The van der Waals surface area contributed by atoms with E-state index in [1.807, 2.05) is 22.6 Å². The number of nitrogens with zero attached hydrogens (tertiary/aromatic N) is 3. The Balaban J connectivity index is 1.67. The van der Waals surface area contributed by atoms with Gasteiger partial charge in [-0.3, -0.25) is 4.98 Å². The van der Waals surface area contributed by atoms with Crippen LogP contribution < -0.4 is 15.5 Å². The fourth-order valence-electron chi connectivity index (χ4n) is 3.80. The third-order valence-electron chi connectivity index (χ3n) is 5.22. The molecule has 1 fully saturated rings. The van der Waals surface area contributed by atoms with Gasteiger partial charge in [-0.2, -0.15) is 0 Å². The maximum atomic E-state index is 14.4. The van der Waals surface area contributed by atoms with Crippen LogP contribution in [0.4, 0.5) is 20.2 Å². The molecule has 2 aliphatic rings. The number of thioether (sulfide) groups is 1. The van der Waals surface area contributed by atoms with Crippen LogP contribution in [-0.2, 0) is 4.74 Å². The fourth-order valence-corrected chi connectivity index (χ4v) is 4.82. The smallest absolute Gasteiger partial charge is 0.132 e. The molecule has 1 saturated heterocycles. The Labute approximate surface area is 167 Å². The van der Waals surface area contributed by atoms with E-state index in [0.717, 1.165) is 24.3 Å². The minimum absolute atomic E-state index is 0.0315. The maximum absolute atomic E-state index is 14.4. The molecule has 8 heteroatoms. The van der Waals surface area contributed by atoms with Crippen LogP contribution >= 0.6 is 11.8 Å². The topological polar surface area (TPSA) is 54.6 Å². The molecule has 2 N–H and O–H groups in total. The number of aromatic nitrogens is 1. The Bertz CT molecular complexity index is 861. The number of ether oxygens (including phenoxy) is 1. The molecule has 0 bridgehead atoms. The summed E-state index contributed by atoms with van der Waals surface area (Å²) in [6, 6.07) is 5.76. The van der Waals surface area contributed by atoms with Crippen molar-refractivity contribution in [2.45, 2.75) is 23.9 Å². The van der Waals surface area contributed by atoms with Gasteiger partial charge in [0.05, 0.1) is 29.2 Å². The highest BCUT2D eigenvalue weighted by Crippen LogP contribution is 2.46. The zero-order chi connectivity index (χ0) is 19.7. The number of piperidine rings is 1. The molecule has 0 saturated carbocycles. The highest BCUT2D eigenvalue weighted by atomic mass is 32.2. The van der Waals surface area contributed by atoms with Crippen LogP contribution in [0.3, 0.4) is 0 Å². The minimum Gasteiger partial charge on any atom is -0.380 e. The number of benzene rings is 1. The van der Waals surface area contributed by atoms with Crippen molar-refractivity contribution in [2.75, 3.05) is 30.0 Å². The van der Waals surface area contributed by atoms with Gasteiger partial charge in [-0.1, -0.05) is 6.07 Å². The first kappa shape index (κ1) is 19.2. The standard InChI is InChI=1S/C20H22F2N4OS/c1-27-18-6-8-25(12-15(18)23)16-5-7-24-11-17(16)26-9-10-28-20(26)19-13(21)3-2-4-14(19)22/h2-5,7,9-11,15,18,20H,6,8,12,23H2,1H3. The van der Waals surface area contributed by atoms with Crippen LogP contribution in [0.1, 0.15) is 17.4 Å². The summed E-state index contributed by atoms with van der Waals surface area (Å²) in [6.45, 7) is 1.42. The number of halogens is 2. The van der Waals surface area contributed by atoms with Crippen molar-refractivity contribution < 1.29 is 13.5 Å². The van der Waals surface area contributed by atoms with Crippen LogP contribution in [0.15, 0.2) is 48.3 Å². The van der Waals surface area contributed by atoms with Gasteiger partial charge in [0, 0.05) is 38.6 Å².